The van der Waals surface area contributed by atoms with Gasteiger partial charge in [-0.1, -0.05) is 30.7 Å². The zero-order valence-electron chi connectivity index (χ0n) is 11.4. The van der Waals surface area contributed by atoms with Crippen LogP contribution in [-0.2, 0) is 11.3 Å². The van der Waals surface area contributed by atoms with Gasteiger partial charge in [-0.05, 0) is 24.1 Å². The summed E-state index contributed by atoms with van der Waals surface area (Å²) in [5, 5.41) is 0.777. The molecule has 0 radical (unpaired) electrons. The van der Waals surface area contributed by atoms with Crippen LogP contribution in [0.2, 0.25) is 5.02 Å². The molecule has 3 nitrogen and oxygen atoms in total. The summed E-state index contributed by atoms with van der Waals surface area (Å²) >= 11 is 5.89. The van der Waals surface area contributed by atoms with Crippen molar-refractivity contribution in [3.05, 3.63) is 34.9 Å². The highest BCUT2D eigenvalue weighted by atomic mass is 35.5. The maximum atomic E-state index is 11.7. The first-order valence-corrected chi connectivity index (χ1v) is 7.31. The lowest BCUT2D eigenvalue weighted by Gasteiger charge is -2.21. The molecule has 0 unspecified atom stereocenters. The van der Waals surface area contributed by atoms with Crippen molar-refractivity contribution in [1.82, 2.24) is 9.80 Å². The molecule has 104 valence electrons. The molecule has 1 heterocycles. The van der Waals surface area contributed by atoms with E-state index in [0.717, 1.165) is 44.2 Å². The Hall–Kier alpha value is -1.06. The number of carbonyl (C=O) groups excluding carboxylic acids is 1. The van der Waals surface area contributed by atoms with Crippen molar-refractivity contribution < 1.29 is 4.79 Å². The lowest BCUT2D eigenvalue weighted by atomic mass is 10.2. The van der Waals surface area contributed by atoms with E-state index in [4.69, 9.17) is 11.6 Å². The standard InChI is InChI=1S/C15H21ClN2O/c1-2-15(19)18-9-3-8-17(10-11-18)12-13-4-6-14(16)7-5-13/h4-7H,2-3,8-12H2,1H3. The molecule has 0 spiro atoms. The smallest absolute Gasteiger partial charge is 0.222 e. The van der Waals surface area contributed by atoms with Crippen molar-refractivity contribution in [1.29, 1.82) is 0 Å². The maximum Gasteiger partial charge on any atom is 0.222 e. The zero-order chi connectivity index (χ0) is 13.7. The van der Waals surface area contributed by atoms with Gasteiger partial charge in [0.1, 0.15) is 0 Å². The molecular weight excluding hydrogens is 260 g/mol. The number of amides is 1. The van der Waals surface area contributed by atoms with Crippen LogP contribution in [0.3, 0.4) is 0 Å². The fraction of sp³-hybridized carbons (Fsp3) is 0.533. The van der Waals surface area contributed by atoms with E-state index in [9.17, 15) is 4.79 Å². The summed E-state index contributed by atoms with van der Waals surface area (Å²) in [6.45, 7) is 6.61. The van der Waals surface area contributed by atoms with Crippen LogP contribution in [0.4, 0.5) is 0 Å². The molecule has 1 aromatic rings. The Balaban J connectivity index is 1.89. The van der Waals surface area contributed by atoms with Crippen molar-refractivity contribution in [2.24, 2.45) is 0 Å². The van der Waals surface area contributed by atoms with Crippen LogP contribution in [0.1, 0.15) is 25.3 Å². The topological polar surface area (TPSA) is 23.6 Å². The normalized spacial score (nSPS) is 17.3. The Kier molecular flexibility index (Phi) is 5.23. The first-order chi connectivity index (χ1) is 9.19. The van der Waals surface area contributed by atoms with Crippen LogP contribution in [0, 0.1) is 0 Å². The third kappa shape index (κ3) is 4.22. The predicted octanol–water partition coefficient (Wildman–Crippen LogP) is 2.78. The van der Waals surface area contributed by atoms with Gasteiger partial charge in [0.05, 0.1) is 0 Å². The van der Waals surface area contributed by atoms with Gasteiger partial charge in [-0.15, -0.1) is 0 Å². The summed E-state index contributed by atoms with van der Waals surface area (Å²) in [6, 6.07) is 8.01. The van der Waals surface area contributed by atoms with E-state index in [1.165, 1.54) is 5.56 Å². The Labute approximate surface area is 120 Å². The largest absolute Gasteiger partial charge is 0.341 e. The van der Waals surface area contributed by atoms with Crippen LogP contribution in [-0.4, -0.2) is 41.9 Å². The SMILES string of the molecule is CCC(=O)N1CCCN(Cc2ccc(Cl)cc2)CC1. The molecule has 1 saturated heterocycles. The second-order valence-corrected chi connectivity index (χ2v) is 5.43. The summed E-state index contributed by atoms with van der Waals surface area (Å²) in [4.78, 5) is 16.1. The van der Waals surface area contributed by atoms with Crippen LogP contribution in [0.5, 0.6) is 0 Å². The van der Waals surface area contributed by atoms with E-state index in [-0.39, 0.29) is 5.91 Å². The molecule has 1 aliphatic heterocycles. The maximum absolute atomic E-state index is 11.7. The van der Waals surface area contributed by atoms with Crippen molar-refractivity contribution in [3.8, 4) is 0 Å². The first-order valence-electron chi connectivity index (χ1n) is 6.93. The van der Waals surface area contributed by atoms with E-state index in [1.807, 2.05) is 24.0 Å². The van der Waals surface area contributed by atoms with Crippen molar-refractivity contribution >= 4 is 17.5 Å². The molecule has 0 atom stereocenters. The number of rotatable bonds is 3. The molecule has 1 fully saturated rings. The fourth-order valence-electron chi connectivity index (χ4n) is 2.45. The highest BCUT2D eigenvalue weighted by molar-refractivity contribution is 6.30. The lowest BCUT2D eigenvalue weighted by Crippen LogP contribution is -2.34. The molecule has 1 aliphatic rings. The number of nitrogens with zero attached hydrogens (tertiary/aromatic N) is 2. The molecule has 1 aromatic carbocycles. The monoisotopic (exact) mass is 280 g/mol. The van der Waals surface area contributed by atoms with Gasteiger partial charge in [-0.3, -0.25) is 9.69 Å². The third-order valence-corrected chi connectivity index (χ3v) is 3.82. The number of carbonyl (C=O) groups is 1. The molecular formula is C15H21ClN2O. The van der Waals surface area contributed by atoms with E-state index >= 15 is 0 Å². The molecule has 0 bridgehead atoms. The van der Waals surface area contributed by atoms with Gasteiger partial charge in [0, 0.05) is 44.2 Å². The van der Waals surface area contributed by atoms with Crippen LogP contribution in [0.15, 0.2) is 24.3 Å². The molecule has 4 heteroatoms. The van der Waals surface area contributed by atoms with Crippen LogP contribution >= 0.6 is 11.6 Å². The minimum Gasteiger partial charge on any atom is -0.341 e. The minimum absolute atomic E-state index is 0.272. The second kappa shape index (κ2) is 6.92. The van der Waals surface area contributed by atoms with Gasteiger partial charge in [0.25, 0.3) is 0 Å². The predicted molar refractivity (Wildman–Crippen MR) is 78.2 cm³/mol. The minimum atomic E-state index is 0.272. The molecule has 0 aliphatic carbocycles. The Morgan fingerprint density at radius 1 is 1.16 bits per heavy atom. The Bertz CT molecular complexity index is 419. The van der Waals surface area contributed by atoms with Gasteiger partial charge in [0.2, 0.25) is 5.91 Å². The summed E-state index contributed by atoms with van der Waals surface area (Å²) in [6.07, 6.45) is 1.66. The van der Waals surface area contributed by atoms with Crippen molar-refractivity contribution in [2.45, 2.75) is 26.3 Å². The molecule has 19 heavy (non-hydrogen) atoms. The molecule has 0 N–H and O–H groups in total. The van der Waals surface area contributed by atoms with E-state index in [1.54, 1.807) is 0 Å². The quantitative estimate of drug-likeness (QED) is 0.850. The molecule has 0 aromatic heterocycles. The molecule has 0 saturated carbocycles. The van der Waals surface area contributed by atoms with Crippen molar-refractivity contribution in [3.63, 3.8) is 0 Å². The van der Waals surface area contributed by atoms with E-state index in [0.29, 0.717) is 6.42 Å². The van der Waals surface area contributed by atoms with E-state index < -0.39 is 0 Å². The average molecular weight is 281 g/mol. The van der Waals surface area contributed by atoms with E-state index in [2.05, 4.69) is 17.0 Å². The molecule has 2 rings (SSSR count). The Morgan fingerprint density at radius 2 is 1.89 bits per heavy atom. The van der Waals surface area contributed by atoms with Crippen molar-refractivity contribution in [2.75, 3.05) is 26.2 Å². The summed E-state index contributed by atoms with van der Waals surface area (Å²) in [7, 11) is 0. The van der Waals surface area contributed by atoms with Gasteiger partial charge >= 0.3 is 0 Å². The summed E-state index contributed by atoms with van der Waals surface area (Å²) < 4.78 is 0. The third-order valence-electron chi connectivity index (χ3n) is 3.56. The highest BCUT2D eigenvalue weighted by Gasteiger charge is 2.17. The zero-order valence-corrected chi connectivity index (χ0v) is 12.2. The fourth-order valence-corrected chi connectivity index (χ4v) is 2.58. The second-order valence-electron chi connectivity index (χ2n) is 4.99. The lowest BCUT2D eigenvalue weighted by molar-refractivity contribution is -0.130. The van der Waals surface area contributed by atoms with Gasteiger partial charge in [-0.25, -0.2) is 0 Å². The molecule has 1 amide bonds. The Morgan fingerprint density at radius 3 is 2.58 bits per heavy atom. The number of hydrogen-bond donors (Lipinski definition) is 0. The highest BCUT2D eigenvalue weighted by Crippen LogP contribution is 2.13. The van der Waals surface area contributed by atoms with Crippen LogP contribution < -0.4 is 0 Å². The summed E-state index contributed by atoms with van der Waals surface area (Å²) in [5.41, 5.74) is 1.28. The number of halogens is 1. The first kappa shape index (κ1) is 14.4. The number of hydrogen-bond acceptors (Lipinski definition) is 2. The number of benzene rings is 1. The summed E-state index contributed by atoms with van der Waals surface area (Å²) in [5.74, 6) is 0.272. The van der Waals surface area contributed by atoms with Crippen LogP contribution in [0.25, 0.3) is 0 Å². The van der Waals surface area contributed by atoms with Gasteiger partial charge in [-0.2, -0.15) is 0 Å². The van der Waals surface area contributed by atoms with Gasteiger partial charge < -0.3 is 4.90 Å². The van der Waals surface area contributed by atoms with Gasteiger partial charge in [0.15, 0.2) is 0 Å². The average Bonchev–Trinajstić information content (AvgIpc) is 2.66.